The number of amides is 1. The summed E-state index contributed by atoms with van der Waals surface area (Å²) in [5, 5.41) is 9.42. The van der Waals surface area contributed by atoms with Crippen LogP contribution in [0.4, 0.5) is 5.69 Å². The topological polar surface area (TPSA) is 57.6 Å². The molecule has 1 aliphatic rings. The van der Waals surface area contributed by atoms with E-state index in [1.807, 2.05) is 45.9 Å². The quantitative estimate of drug-likeness (QED) is 0.903. The Bertz CT molecular complexity index is 553. The number of aryl methyl sites for hydroxylation is 1. The monoisotopic (exact) mass is 275 g/mol. The second-order valence-corrected chi connectivity index (χ2v) is 5.77. The molecule has 1 N–H and O–H groups in total. The molecule has 1 aromatic rings. The minimum atomic E-state index is -0.826. The van der Waals surface area contributed by atoms with Gasteiger partial charge in [0.1, 0.15) is 0 Å². The highest BCUT2D eigenvalue weighted by molar-refractivity contribution is 5.97. The van der Waals surface area contributed by atoms with E-state index in [1.54, 1.807) is 4.90 Å². The molecule has 0 radical (unpaired) electrons. The standard InChI is InChI=1S/C16H21NO3/c1-9-6-5-7-13(11(9)3)17-12(4)15(16(19)20)10(2)8-14(17)18/h5-7,10,12,15H,8H2,1-4H3,(H,19,20). The molecule has 3 atom stereocenters. The zero-order valence-electron chi connectivity index (χ0n) is 12.4. The Morgan fingerprint density at radius 3 is 2.55 bits per heavy atom. The average molecular weight is 275 g/mol. The van der Waals surface area contributed by atoms with Crippen LogP contribution in [0.5, 0.6) is 0 Å². The van der Waals surface area contributed by atoms with Crippen LogP contribution in [0.3, 0.4) is 0 Å². The van der Waals surface area contributed by atoms with E-state index in [9.17, 15) is 14.7 Å². The zero-order valence-corrected chi connectivity index (χ0v) is 12.4. The van der Waals surface area contributed by atoms with E-state index < -0.39 is 11.9 Å². The van der Waals surface area contributed by atoms with Crippen molar-refractivity contribution in [1.29, 1.82) is 0 Å². The van der Waals surface area contributed by atoms with Crippen LogP contribution in [-0.2, 0) is 9.59 Å². The molecule has 4 heteroatoms. The van der Waals surface area contributed by atoms with Crippen LogP contribution in [0.25, 0.3) is 0 Å². The Kier molecular flexibility index (Phi) is 3.84. The van der Waals surface area contributed by atoms with Gasteiger partial charge in [0.25, 0.3) is 0 Å². The number of carbonyl (C=O) groups is 2. The Balaban J connectivity index is 2.46. The van der Waals surface area contributed by atoms with Crippen molar-refractivity contribution in [2.24, 2.45) is 11.8 Å². The summed E-state index contributed by atoms with van der Waals surface area (Å²) in [6.07, 6.45) is 0.286. The van der Waals surface area contributed by atoms with Crippen molar-refractivity contribution >= 4 is 17.6 Å². The van der Waals surface area contributed by atoms with Crippen molar-refractivity contribution in [3.63, 3.8) is 0 Å². The van der Waals surface area contributed by atoms with Gasteiger partial charge in [0.15, 0.2) is 0 Å². The van der Waals surface area contributed by atoms with E-state index >= 15 is 0 Å². The van der Waals surface area contributed by atoms with Crippen LogP contribution in [0, 0.1) is 25.7 Å². The van der Waals surface area contributed by atoms with Crippen LogP contribution < -0.4 is 4.90 Å². The summed E-state index contributed by atoms with van der Waals surface area (Å²) < 4.78 is 0. The van der Waals surface area contributed by atoms with Crippen LogP contribution in [0.1, 0.15) is 31.4 Å². The van der Waals surface area contributed by atoms with Gasteiger partial charge in [-0.1, -0.05) is 19.1 Å². The van der Waals surface area contributed by atoms with Crippen molar-refractivity contribution in [3.05, 3.63) is 29.3 Å². The second kappa shape index (κ2) is 5.27. The molecule has 0 bridgehead atoms. The summed E-state index contributed by atoms with van der Waals surface area (Å²) in [4.78, 5) is 25.5. The van der Waals surface area contributed by atoms with Gasteiger partial charge >= 0.3 is 5.97 Å². The number of benzene rings is 1. The molecule has 0 spiro atoms. The minimum Gasteiger partial charge on any atom is -0.481 e. The molecular formula is C16H21NO3. The molecule has 108 valence electrons. The van der Waals surface area contributed by atoms with E-state index in [1.165, 1.54) is 0 Å². The Morgan fingerprint density at radius 1 is 1.30 bits per heavy atom. The number of carboxylic acids is 1. The number of hydrogen-bond acceptors (Lipinski definition) is 2. The number of anilines is 1. The van der Waals surface area contributed by atoms with E-state index in [2.05, 4.69) is 0 Å². The van der Waals surface area contributed by atoms with Crippen molar-refractivity contribution < 1.29 is 14.7 Å². The molecule has 1 amide bonds. The van der Waals surface area contributed by atoms with Gasteiger partial charge in [0.05, 0.1) is 5.92 Å². The zero-order chi connectivity index (χ0) is 15.0. The van der Waals surface area contributed by atoms with Gasteiger partial charge in [-0.3, -0.25) is 9.59 Å². The van der Waals surface area contributed by atoms with E-state index in [0.29, 0.717) is 0 Å². The molecule has 0 aliphatic carbocycles. The minimum absolute atomic E-state index is 0.0104. The lowest BCUT2D eigenvalue weighted by Gasteiger charge is -2.41. The number of hydrogen-bond donors (Lipinski definition) is 1. The van der Waals surface area contributed by atoms with Crippen molar-refractivity contribution in [3.8, 4) is 0 Å². The summed E-state index contributed by atoms with van der Waals surface area (Å²) in [7, 11) is 0. The van der Waals surface area contributed by atoms with Crippen molar-refractivity contribution in [1.82, 2.24) is 0 Å². The SMILES string of the molecule is Cc1cccc(N2C(=O)CC(C)C(C(=O)O)C2C)c1C. The third kappa shape index (κ3) is 2.30. The van der Waals surface area contributed by atoms with Gasteiger partial charge < -0.3 is 10.0 Å². The fraction of sp³-hybridized carbons (Fsp3) is 0.500. The summed E-state index contributed by atoms with van der Waals surface area (Å²) in [6.45, 7) is 7.63. The number of aliphatic carboxylic acids is 1. The van der Waals surface area contributed by atoms with Gasteiger partial charge in [-0.15, -0.1) is 0 Å². The predicted molar refractivity (Wildman–Crippen MR) is 77.8 cm³/mol. The fourth-order valence-corrected chi connectivity index (χ4v) is 3.16. The van der Waals surface area contributed by atoms with Gasteiger partial charge in [-0.2, -0.15) is 0 Å². The van der Waals surface area contributed by atoms with Gasteiger partial charge in [-0.25, -0.2) is 0 Å². The molecule has 1 heterocycles. The second-order valence-electron chi connectivity index (χ2n) is 5.77. The average Bonchev–Trinajstić information content (AvgIpc) is 2.33. The molecule has 2 rings (SSSR count). The highest BCUT2D eigenvalue weighted by Gasteiger charge is 2.42. The number of piperidine rings is 1. The fourth-order valence-electron chi connectivity index (χ4n) is 3.16. The first-order valence-corrected chi connectivity index (χ1v) is 6.95. The maximum Gasteiger partial charge on any atom is 0.308 e. The van der Waals surface area contributed by atoms with Crippen molar-refractivity contribution in [2.75, 3.05) is 4.90 Å². The molecular weight excluding hydrogens is 254 g/mol. The molecule has 1 aliphatic heterocycles. The molecule has 4 nitrogen and oxygen atoms in total. The first-order chi connectivity index (χ1) is 9.34. The smallest absolute Gasteiger partial charge is 0.308 e. The largest absolute Gasteiger partial charge is 0.481 e. The third-order valence-corrected chi connectivity index (χ3v) is 4.43. The Hall–Kier alpha value is -1.84. The lowest BCUT2D eigenvalue weighted by atomic mass is 9.80. The number of nitrogens with zero attached hydrogens (tertiary/aromatic N) is 1. The molecule has 20 heavy (non-hydrogen) atoms. The maximum absolute atomic E-state index is 12.4. The molecule has 0 aromatic heterocycles. The van der Waals surface area contributed by atoms with E-state index in [4.69, 9.17) is 0 Å². The van der Waals surface area contributed by atoms with Crippen LogP contribution in [0.15, 0.2) is 18.2 Å². The molecule has 0 saturated carbocycles. The first kappa shape index (κ1) is 14.6. The van der Waals surface area contributed by atoms with Gasteiger partial charge in [0.2, 0.25) is 5.91 Å². The van der Waals surface area contributed by atoms with E-state index in [-0.39, 0.29) is 24.3 Å². The predicted octanol–water partition coefficient (Wildman–Crippen LogP) is 2.77. The number of carboxylic acid groups (broad SMARTS) is 1. The van der Waals surface area contributed by atoms with Crippen LogP contribution in [0.2, 0.25) is 0 Å². The maximum atomic E-state index is 12.4. The van der Waals surface area contributed by atoms with Crippen LogP contribution in [-0.4, -0.2) is 23.0 Å². The van der Waals surface area contributed by atoms with Gasteiger partial charge in [0, 0.05) is 18.2 Å². The Morgan fingerprint density at radius 2 is 1.95 bits per heavy atom. The molecule has 1 fully saturated rings. The molecule has 3 unspecified atom stereocenters. The van der Waals surface area contributed by atoms with E-state index in [0.717, 1.165) is 16.8 Å². The molecule has 1 saturated heterocycles. The van der Waals surface area contributed by atoms with Gasteiger partial charge in [-0.05, 0) is 43.9 Å². The number of rotatable bonds is 2. The lowest BCUT2D eigenvalue weighted by Crippen LogP contribution is -2.53. The summed E-state index contributed by atoms with van der Waals surface area (Å²) >= 11 is 0. The lowest BCUT2D eigenvalue weighted by molar-refractivity contribution is -0.146. The summed E-state index contributed by atoms with van der Waals surface area (Å²) in [6, 6.07) is 5.47. The highest BCUT2D eigenvalue weighted by Crippen LogP contribution is 2.35. The van der Waals surface area contributed by atoms with Crippen molar-refractivity contribution in [2.45, 2.75) is 40.2 Å². The van der Waals surface area contributed by atoms with Crippen LogP contribution >= 0.6 is 0 Å². The Labute approximate surface area is 119 Å². The summed E-state index contributed by atoms with van der Waals surface area (Å²) in [5.74, 6) is -1.46. The summed E-state index contributed by atoms with van der Waals surface area (Å²) in [5.41, 5.74) is 2.97. The molecule has 1 aromatic carbocycles. The number of carbonyl (C=O) groups excluding carboxylic acids is 1. The normalized spacial score (nSPS) is 26.7. The first-order valence-electron chi connectivity index (χ1n) is 6.95. The highest BCUT2D eigenvalue weighted by atomic mass is 16.4. The third-order valence-electron chi connectivity index (χ3n) is 4.43.